The highest BCUT2D eigenvalue weighted by atomic mass is 16.5. The van der Waals surface area contributed by atoms with Crippen molar-refractivity contribution in [3.8, 4) is 5.75 Å². The Hall–Kier alpha value is -2.53. The molecule has 3 rings (SSSR count). The summed E-state index contributed by atoms with van der Waals surface area (Å²) in [6, 6.07) is 17.1. The molecule has 0 aromatic heterocycles. The molecule has 0 saturated carbocycles. The lowest BCUT2D eigenvalue weighted by molar-refractivity contribution is 0.0514. The lowest BCUT2D eigenvalue weighted by Crippen LogP contribution is -2.48. The van der Waals surface area contributed by atoms with Gasteiger partial charge in [0.25, 0.3) is 0 Å². The fraction of sp³-hybridized carbons (Fsp3) is 0.458. The molecule has 29 heavy (non-hydrogen) atoms. The fourth-order valence-electron chi connectivity index (χ4n) is 4.01. The first-order chi connectivity index (χ1) is 14.2. The van der Waals surface area contributed by atoms with Crippen molar-refractivity contribution >= 4 is 5.96 Å². The molecular formula is C24H33N3O2. The summed E-state index contributed by atoms with van der Waals surface area (Å²) in [4.78, 5) is 4.42. The maximum Gasteiger partial charge on any atom is 0.191 e. The van der Waals surface area contributed by atoms with Crippen LogP contribution in [0.3, 0.4) is 0 Å². The van der Waals surface area contributed by atoms with Gasteiger partial charge in [-0.1, -0.05) is 48.0 Å². The molecule has 1 saturated heterocycles. The number of rotatable bonds is 7. The van der Waals surface area contributed by atoms with E-state index in [1.807, 2.05) is 13.1 Å². The molecule has 0 bridgehead atoms. The van der Waals surface area contributed by atoms with Crippen molar-refractivity contribution in [1.29, 1.82) is 0 Å². The average molecular weight is 396 g/mol. The summed E-state index contributed by atoms with van der Waals surface area (Å²) in [5.74, 6) is 1.77. The SMILES string of the molecule is CN=C(NCCc1cc(C)ccc1OC)NCC1(c2ccccc2)CCOCC1. The molecule has 1 aliphatic heterocycles. The Balaban J connectivity index is 1.59. The van der Waals surface area contributed by atoms with Crippen molar-refractivity contribution in [2.45, 2.75) is 31.6 Å². The van der Waals surface area contributed by atoms with Gasteiger partial charge in [-0.15, -0.1) is 0 Å². The molecule has 1 heterocycles. The molecule has 0 aliphatic carbocycles. The second kappa shape index (κ2) is 10.3. The zero-order valence-electron chi connectivity index (χ0n) is 17.8. The minimum Gasteiger partial charge on any atom is -0.496 e. The quantitative estimate of drug-likeness (QED) is 0.557. The van der Waals surface area contributed by atoms with Gasteiger partial charge >= 0.3 is 0 Å². The highest BCUT2D eigenvalue weighted by molar-refractivity contribution is 5.79. The highest BCUT2D eigenvalue weighted by Gasteiger charge is 2.34. The maximum absolute atomic E-state index is 5.64. The van der Waals surface area contributed by atoms with Gasteiger partial charge in [0.2, 0.25) is 0 Å². The Labute approximate surface area is 174 Å². The van der Waals surface area contributed by atoms with Crippen LogP contribution in [0.5, 0.6) is 5.75 Å². The van der Waals surface area contributed by atoms with Crippen LogP contribution in [0.2, 0.25) is 0 Å². The molecular weight excluding hydrogens is 362 g/mol. The minimum absolute atomic E-state index is 0.0803. The van der Waals surface area contributed by atoms with E-state index in [2.05, 4.69) is 65.0 Å². The third-order valence-electron chi connectivity index (χ3n) is 5.78. The summed E-state index contributed by atoms with van der Waals surface area (Å²) in [5.41, 5.74) is 3.90. The van der Waals surface area contributed by atoms with Crippen molar-refractivity contribution in [2.24, 2.45) is 4.99 Å². The predicted molar refractivity (Wildman–Crippen MR) is 119 cm³/mol. The van der Waals surface area contributed by atoms with E-state index in [1.54, 1.807) is 7.11 Å². The van der Waals surface area contributed by atoms with E-state index < -0.39 is 0 Å². The van der Waals surface area contributed by atoms with Gasteiger partial charge in [-0.05, 0) is 43.4 Å². The van der Waals surface area contributed by atoms with Crippen LogP contribution in [-0.4, -0.2) is 46.4 Å². The standard InChI is InChI=1S/C24H33N3O2/c1-19-9-10-22(28-3)20(17-19)11-14-26-23(25-2)27-18-24(12-15-29-16-13-24)21-7-5-4-6-8-21/h4-10,17H,11-16,18H2,1-3H3,(H2,25,26,27). The summed E-state index contributed by atoms with van der Waals surface area (Å²) in [7, 11) is 3.54. The van der Waals surface area contributed by atoms with Gasteiger partial charge in [-0.2, -0.15) is 0 Å². The first-order valence-corrected chi connectivity index (χ1v) is 10.4. The summed E-state index contributed by atoms with van der Waals surface area (Å²) in [6.07, 6.45) is 2.91. The molecule has 0 unspecified atom stereocenters. The first-order valence-electron chi connectivity index (χ1n) is 10.4. The molecule has 1 fully saturated rings. The van der Waals surface area contributed by atoms with E-state index in [0.29, 0.717) is 0 Å². The molecule has 0 radical (unpaired) electrons. The Bertz CT molecular complexity index is 799. The zero-order valence-corrected chi connectivity index (χ0v) is 17.8. The number of hydrogen-bond donors (Lipinski definition) is 2. The van der Waals surface area contributed by atoms with Crippen LogP contribution in [0.15, 0.2) is 53.5 Å². The Morgan fingerprint density at radius 1 is 1.10 bits per heavy atom. The van der Waals surface area contributed by atoms with E-state index >= 15 is 0 Å². The van der Waals surface area contributed by atoms with Crippen LogP contribution in [0.4, 0.5) is 0 Å². The number of hydrogen-bond acceptors (Lipinski definition) is 3. The van der Waals surface area contributed by atoms with Crippen molar-refractivity contribution in [3.05, 3.63) is 65.2 Å². The Kier molecular flexibility index (Phi) is 7.53. The normalized spacial score (nSPS) is 16.3. The summed E-state index contributed by atoms with van der Waals surface area (Å²) in [6.45, 7) is 5.34. The van der Waals surface area contributed by atoms with Crippen molar-refractivity contribution in [1.82, 2.24) is 10.6 Å². The second-order valence-corrected chi connectivity index (χ2v) is 7.68. The summed E-state index contributed by atoms with van der Waals surface area (Å²) >= 11 is 0. The van der Waals surface area contributed by atoms with E-state index in [0.717, 1.165) is 57.3 Å². The van der Waals surface area contributed by atoms with Gasteiger partial charge in [0.1, 0.15) is 5.75 Å². The predicted octanol–water partition coefficient (Wildman–Crippen LogP) is 3.46. The molecule has 0 spiro atoms. The number of nitrogens with zero attached hydrogens (tertiary/aromatic N) is 1. The molecule has 5 heteroatoms. The first kappa shape index (κ1) is 21.2. The highest BCUT2D eigenvalue weighted by Crippen LogP contribution is 2.34. The van der Waals surface area contributed by atoms with E-state index in [1.165, 1.54) is 16.7 Å². The van der Waals surface area contributed by atoms with Gasteiger partial charge < -0.3 is 20.1 Å². The molecule has 2 aromatic rings. The molecule has 2 N–H and O–H groups in total. The number of guanidine groups is 1. The van der Waals surface area contributed by atoms with Gasteiger partial charge in [-0.25, -0.2) is 0 Å². The Morgan fingerprint density at radius 3 is 2.55 bits per heavy atom. The summed E-state index contributed by atoms with van der Waals surface area (Å²) < 4.78 is 11.1. The van der Waals surface area contributed by atoms with Gasteiger partial charge in [0.15, 0.2) is 5.96 Å². The maximum atomic E-state index is 5.64. The van der Waals surface area contributed by atoms with Crippen LogP contribution < -0.4 is 15.4 Å². The number of aryl methyl sites for hydroxylation is 1. The zero-order chi connectivity index (χ0) is 20.5. The molecule has 0 atom stereocenters. The van der Waals surface area contributed by atoms with E-state index in [4.69, 9.17) is 9.47 Å². The van der Waals surface area contributed by atoms with Crippen LogP contribution in [0, 0.1) is 6.92 Å². The largest absolute Gasteiger partial charge is 0.496 e. The minimum atomic E-state index is 0.0803. The van der Waals surface area contributed by atoms with Gasteiger partial charge in [0, 0.05) is 38.8 Å². The lowest BCUT2D eigenvalue weighted by Gasteiger charge is -2.38. The fourth-order valence-corrected chi connectivity index (χ4v) is 4.01. The van der Waals surface area contributed by atoms with Crippen molar-refractivity contribution in [3.63, 3.8) is 0 Å². The average Bonchev–Trinajstić information content (AvgIpc) is 2.77. The monoisotopic (exact) mass is 395 g/mol. The van der Waals surface area contributed by atoms with Gasteiger partial charge in [-0.3, -0.25) is 4.99 Å². The van der Waals surface area contributed by atoms with E-state index in [-0.39, 0.29) is 5.41 Å². The molecule has 156 valence electrons. The van der Waals surface area contributed by atoms with Gasteiger partial charge in [0.05, 0.1) is 7.11 Å². The number of benzene rings is 2. The molecule has 0 amide bonds. The molecule has 5 nitrogen and oxygen atoms in total. The molecule has 2 aromatic carbocycles. The van der Waals surface area contributed by atoms with Crippen LogP contribution in [0.25, 0.3) is 0 Å². The van der Waals surface area contributed by atoms with Crippen LogP contribution >= 0.6 is 0 Å². The Morgan fingerprint density at radius 2 is 1.86 bits per heavy atom. The summed E-state index contributed by atoms with van der Waals surface area (Å²) in [5, 5.41) is 7.01. The number of ether oxygens (including phenoxy) is 2. The third kappa shape index (κ3) is 5.51. The number of methoxy groups -OCH3 is 1. The van der Waals surface area contributed by atoms with Crippen LogP contribution in [-0.2, 0) is 16.6 Å². The smallest absolute Gasteiger partial charge is 0.191 e. The topological polar surface area (TPSA) is 54.9 Å². The number of nitrogens with one attached hydrogen (secondary N) is 2. The third-order valence-corrected chi connectivity index (χ3v) is 5.78. The number of aliphatic imine (C=N–C) groups is 1. The lowest BCUT2D eigenvalue weighted by atomic mass is 9.74. The van der Waals surface area contributed by atoms with Crippen molar-refractivity contribution in [2.75, 3.05) is 40.5 Å². The second-order valence-electron chi connectivity index (χ2n) is 7.68. The van der Waals surface area contributed by atoms with Crippen molar-refractivity contribution < 1.29 is 9.47 Å². The molecule has 1 aliphatic rings. The van der Waals surface area contributed by atoms with Crippen LogP contribution in [0.1, 0.15) is 29.5 Å². The van der Waals surface area contributed by atoms with E-state index in [9.17, 15) is 0 Å².